The Morgan fingerprint density at radius 2 is 2.25 bits per heavy atom. The molecule has 1 aliphatic heterocycles. The average Bonchev–Trinajstić information content (AvgIpc) is 2.52. The van der Waals surface area contributed by atoms with Crippen molar-refractivity contribution in [1.29, 1.82) is 0 Å². The van der Waals surface area contributed by atoms with E-state index in [9.17, 15) is 4.79 Å². The van der Waals surface area contributed by atoms with Crippen molar-refractivity contribution in [2.24, 2.45) is 23.7 Å². The van der Waals surface area contributed by atoms with Gasteiger partial charge in [0.25, 0.3) is 0 Å². The predicted octanol–water partition coefficient (Wildman–Crippen LogP) is 0.561. The lowest BCUT2D eigenvalue weighted by molar-refractivity contribution is -0.139. The van der Waals surface area contributed by atoms with E-state index in [2.05, 4.69) is 19.2 Å². The second-order valence-corrected chi connectivity index (χ2v) is 4.28. The Kier molecular flexibility index (Phi) is 1.65. The summed E-state index contributed by atoms with van der Waals surface area (Å²) in [6.07, 6.45) is 0. The summed E-state index contributed by atoms with van der Waals surface area (Å²) in [6, 6.07) is 0.441. The molecule has 2 N–H and O–H groups in total. The van der Waals surface area contributed by atoms with Crippen molar-refractivity contribution in [3.05, 3.63) is 0 Å². The predicted molar refractivity (Wildman–Crippen MR) is 44.7 cm³/mol. The van der Waals surface area contributed by atoms with E-state index in [-0.39, 0.29) is 5.92 Å². The first-order valence-corrected chi connectivity index (χ1v) is 4.59. The monoisotopic (exact) mass is 169 g/mol. The molecule has 12 heavy (non-hydrogen) atoms. The van der Waals surface area contributed by atoms with E-state index in [0.717, 1.165) is 6.54 Å². The number of aliphatic carboxylic acids is 1. The number of carbonyl (C=O) groups is 1. The fraction of sp³-hybridized carbons (Fsp3) is 0.889. The van der Waals surface area contributed by atoms with E-state index < -0.39 is 5.97 Å². The second kappa shape index (κ2) is 2.46. The van der Waals surface area contributed by atoms with Crippen LogP contribution in [0.1, 0.15) is 13.8 Å². The topological polar surface area (TPSA) is 49.3 Å². The van der Waals surface area contributed by atoms with E-state index in [4.69, 9.17) is 5.11 Å². The summed E-state index contributed by atoms with van der Waals surface area (Å²) in [5.74, 6) is 0.762. The van der Waals surface area contributed by atoms with Crippen LogP contribution in [-0.2, 0) is 4.79 Å². The molecule has 4 unspecified atom stereocenters. The van der Waals surface area contributed by atoms with Crippen LogP contribution in [0.5, 0.6) is 0 Å². The quantitative estimate of drug-likeness (QED) is 0.635. The van der Waals surface area contributed by atoms with Gasteiger partial charge in [-0.05, 0) is 24.3 Å². The van der Waals surface area contributed by atoms with E-state index in [1.807, 2.05) is 0 Å². The molecule has 2 fully saturated rings. The van der Waals surface area contributed by atoms with Crippen LogP contribution >= 0.6 is 0 Å². The second-order valence-electron chi connectivity index (χ2n) is 4.28. The molecule has 0 aromatic rings. The smallest absolute Gasteiger partial charge is 0.307 e. The number of carboxylic acid groups (broad SMARTS) is 1. The number of hydrogen-bond donors (Lipinski definition) is 2. The van der Waals surface area contributed by atoms with Gasteiger partial charge in [-0.2, -0.15) is 0 Å². The van der Waals surface area contributed by atoms with Gasteiger partial charge in [-0.3, -0.25) is 4.79 Å². The molecule has 1 heterocycles. The van der Waals surface area contributed by atoms with E-state index in [1.165, 1.54) is 0 Å². The Hall–Kier alpha value is -0.570. The number of fused-ring (bicyclic) bond motifs is 1. The molecule has 2 rings (SSSR count). The van der Waals surface area contributed by atoms with Gasteiger partial charge >= 0.3 is 5.97 Å². The molecule has 0 spiro atoms. The van der Waals surface area contributed by atoms with Gasteiger partial charge in [0, 0.05) is 6.04 Å². The maximum absolute atomic E-state index is 10.7. The van der Waals surface area contributed by atoms with Gasteiger partial charge in [-0.1, -0.05) is 13.8 Å². The summed E-state index contributed by atoms with van der Waals surface area (Å²) in [4.78, 5) is 10.7. The van der Waals surface area contributed by atoms with Crippen molar-refractivity contribution >= 4 is 5.97 Å². The first-order valence-electron chi connectivity index (χ1n) is 4.59. The van der Waals surface area contributed by atoms with Crippen LogP contribution in [0.15, 0.2) is 0 Å². The summed E-state index contributed by atoms with van der Waals surface area (Å²) < 4.78 is 0. The van der Waals surface area contributed by atoms with Gasteiger partial charge in [0.2, 0.25) is 0 Å². The zero-order chi connectivity index (χ0) is 8.88. The molecule has 0 aromatic heterocycles. The van der Waals surface area contributed by atoms with Gasteiger partial charge < -0.3 is 10.4 Å². The maximum Gasteiger partial charge on any atom is 0.307 e. The fourth-order valence-corrected chi connectivity index (χ4v) is 2.59. The standard InChI is InChI=1S/C9H15NO2/c1-4(2)8-6-5(3-10-8)7(6)9(11)12/h4-8,10H,3H2,1-2H3,(H,11,12). The average molecular weight is 169 g/mol. The molecule has 3 nitrogen and oxygen atoms in total. The number of carboxylic acids is 1. The first-order chi connectivity index (χ1) is 5.63. The normalized spacial score (nSPS) is 44.6. The highest BCUT2D eigenvalue weighted by Crippen LogP contribution is 2.53. The Labute approximate surface area is 72.2 Å². The third-order valence-corrected chi connectivity index (χ3v) is 3.24. The lowest BCUT2D eigenvalue weighted by atomic mass is 9.99. The summed E-state index contributed by atoms with van der Waals surface area (Å²) in [7, 11) is 0. The fourth-order valence-electron chi connectivity index (χ4n) is 2.59. The zero-order valence-corrected chi connectivity index (χ0v) is 7.45. The molecule has 1 saturated heterocycles. The minimum Gasteiger partial charge on any atom is -0.481 e. The number of piperidine rings is 1. The first kappa shape index (κ1) is 8.05. The zero-order valence-electron chi connectivity index (χ0n) is 7.45. The van der Waals surface area contributed by atoms with Crippen LogP contribution in [0, 0.1) is 23.7 Å². The summed E-state index contributed by atoms with van der Waals surface area (Å²) in [5.41, 5.74) is 0. The SMILES string of the molecule is CC(C)C1NCC2C(C(=O)O)C21. The Bertz CT molecular complexity index is 215. The highest BCUT2D eigenvalue weighted by molar-refractivity contribution is 5.75. The van der Waals surface area contributed by atoms with Crippen LogP contribution in [0.3, 0.4) is 0 Å². The van der Waals surface area contributed by atoms with Crippen LogP contribution in [0.25, 0.3) is 0 Å². The largest absolute Gasteiger partial charge is 0.481 e. The molecule has 0 amide bonds. The molecule has 68 valence electrons. The van der Waals surface area contributed by atoms with Crippen molar-refractivity contribution in [2.75, 3.05) is 6.54 Å². The maximum atomic E-state index is 10.7. The highest BCUT2D eigenvalue weighted by atomic mass is 16.4. The molecule has 3 heteroatoms. The van der Waals surface area contributed by atoms with Crippen LogP contribution < -0.4 is 5.32 Å². The molecule has 2 aliphatic rings. The third kappa shape index (κ3) is 0.959. The van der Waals surface area contributed by atoms with Gasteiger partial charge in [0.05, 0.1) is 5.92 Å². The number of rotatable bonds is 2. The molecule has 0 radical (unpaired) electrons. The summed E-state index contributed by atoms with van der Waals surface area (Å²) in [5, 5.41) is 12.2. The van der Waals surface area contributed by atoms with E-state index in [1.54, 1.807) is 0 Å². The van der Waals surface area contributed by atoms with Crippen LogP contribution in [0.2, 0.25) is 0 Å². The van der Waals surface area contributed by atoms with Gasteiger partial charge in [0.1, 0.15) is 0 Å². The molecule has 4 atom stereocenters. The molecule has 1 saturated carbocycles. The van der Waals surface area contributed by atoms with Gasteiger partial charge in [0.15, 0.2) is 0 Å². The Balaban J connectivity index is 2.02. The molecule has 0 aromatic carbocycles. The van der Waals surface area contributed by atoms with E-state index in [0.29, 0.717) is 23.8 Å². The van der Waals surface area contributed by atoms with Crippen molar-refractivity contribution in [1.82, 2.24) is 5.32 Å². The molecular formula is C9H15NO2. The highest BCUT2D eigenvalue weighted by Gasteiger charge is 2.62. The van der Waals surface area contributed by atoms with Crippen molar-refractivity contribution in [2.45, 2.75) is 19.9 Å². The van der Waals surface area contributed by atoms with Gasteiger partial charge in [-0.25, -0.2) is 0 Å². The van der Waals surface area contributed by atoms with E-state index >= 15 is 0 Å². The summed E-state index contributed by atoms with van der Waals surface area (Å²) in [6.45, 7) is 5.21. The minimum absolute atomic E-state index is 0.0429. The lowest BCUT2D eigenvalue weighted by Crippen LogP contribution is -2.34. The third-order valence-electron chi connectivity index (χ3n) is 3.24. The van der Waals surface area contributed by atoms with Crippen molar-refractivity contribution in [3.8, 4) is 0 Å². The van der Waals surface area contributed by atoms with Crippen LogP contribution in [-0.4, -0.2) is 23.7 Å². The summed E-state index contributed by atoms with van der Waals surface area (Å²) >= 11 is 0. The number of nitrogens with one attached hydrogen (secondary N) is 1. The Morgan fingerprint density at radius 3 is 2.67 bits per heavy atom. The minimum atomic E-state index is -0.600. The van der Waals surface area contributed by atoms with Gasteiger partial charge in [-0.15, -0.1) is 0 Å². The molecule has 1 aliphatic carbocycles. The van der Waals surface area contributed by atoms with Crippen LogP contribution in [0.4, 0.5) is 0 Å². The molecule has 0 bridgehead atoms. The number of hydrogen-bond acceptors (Lipinski definition) is 2. The lowest BCUT2D eigenvalue weighted by Gasteiger charge is -2.18. The molecular weight excluding hydrogens is 154 g/mol. The Morgan fingerprint density at radius 1 is 1.58 bits per heavy atom. The van der Waals surface area contributed by atoms with Crippen molar-refractivity contribution in [3.63, 3.8) is 0 Å². The van der Waals surface area contributed by atoms with Crippen molar-refractivity contribution < 1.29 is 9.90 Å².